The number of carbonyl (C=O) groups is 1. The van der Waals surface area contributed by atoms with E-state index in [-0.39, 0.29) is 11.0 Å². The van der Waals surface area contributed by atoms with Gasteiger partial charge in [-0.05, 0) is 92.1 Å². The number of amides is 1. The molecule has 5 nitrogen and oxygen atoms in total. The van der Waals surface area contributed by atoms with E-state index >= 15 is 0 Å². The molecule has 156 valence electrons. The number of aromatic nitrogens is 1. The molecule has 7 heteroatoms. The van der Waals surface area contributed by atoms with Gasteiger partial charge in [-0.2, -0.15) is 0 Å². The lowest BCUT2D eigenvalue weighted by Crippen LogP contribution is -2.34. The molecule has 1 aromatic heterocycles. The van der Waals surface area contributed by atoms with E-state index in [4.69, 9.17) is 28.2 Å². The molecule has 2 N–H and O–H groups in total. The fourth-order valence-corrected chi connectivity index (χ4v) is 3.49. The van der Waals surface area contributed by atoms with Crippen LogP contribution in [0.25, 0.3) is 22.6 Å². The lowest BCUT2D eigenvalue weighted by molar-refractivity contribution is 0.0977. The summed E-state index contributed by atoms with van der Waals surface area (Å²) in [7, 11) is 0. The first-order chi connectivity index (χ1) is 14.8. The summed E-state index contributed by atoms with van der Waals surface area (Å²) in [4.78, 5) is 17.1. The van der Waals surface area contributed by atoms with Gasteiger partial charge in [0, 0.05) is 21.8 Å². The summed E-state index contributed by atoms with van der Waals surface area (Å²) in [6.45, 7) is 5.92. The van der Waals surface area contributed by atoms with E-state index in [1.807, 2.05) is 51.1 Å². The number of nitrogens with one attached hydrogen (secondary N) is 2. The number of oxazole rings is 1. The minimum Gasteiger partial charge on any atom is -0.436 e. The second kappa shape index (κ2) is 8.49. The highest BCUT2D eigenvalue weighted by Crippen LogP contribution is 2.29. The standard InChI is InChI=1S/C24H20ClN3O2S/c1-13-4-6-16(10-15(13)3)22(29)28-24(31)27-19-11-17(7-5-14(19)2)23-26-20-12-18(25)8-9-21(20)30-23/h4-12H,1-3H3,(H2,27,28,29,31). The molecule has 4 rings (SSSR count). The molecule has 31 heavy (non-hydrogen) atoms. The number of aryl methyl sites for hydroxylation is 3. The third-order valence-electron chi connectivity index (χ3n) is 5.08. The molecule has 3 aromatic carbocycles. The highest BCUT2D eigenvalue weighted by atomic mass is 35.5. The van der Waals surface area contributed by atoms with E-state index in [1.54, 1.807) is 24.3 Å². The molecule has 0 spiro atoms. The van der Waals surface area contributed by atoms with Crippen LogP contribution in [0.4, 0.5) is 5.69 Å². The first-order valence-electron chi connectivity index (χ1n) is 9.67. The van der Waals surface area contributed by atoms with Gasteiger partial charge in [-0.3, -0.25) is 10.1 Å². The number of thiocarbonyl (C=S) groups is 1. The van der Waals surface area contributed by atoms with Gasteiger partial charge in [0.1, 0.15) is 5.52 Å². The van der Waals surface area contributed by atoms with Crippen molar-refractivity contribution < 1.29 is 9.21 Å². The maximum absolute atomic E-state index is 12.5. The first-order valence-corrected chi connectivity index (χ1v) is 10.5. The van der Waals surface area contributed by atoms with Gasteiger partial charge < -0.3 is 9.73 Å². The maximum Gasteiger partial charge on any atom is 0.257 e. The first kappa shape index (κ1) is 21.0. The zero-order chi connectivity index (χ0) is 22.1. The Morgan fingerprint density at radius 2 is 1.74 bits per heavy atom. The highest BCUT2D eigenvalue weighted by molar-refractivity contribution is 7.80. The van der Waals surface area contributed by atoms with Gasteiger partial charge in [-0.15, -0.1) is 0 Å². The van der Waals surface area contributed by atoms with E-state index < -0.39 is 0 Å². The fraction of sp³-hybridized carbons (Fsp3) is 0.125. The van der Waals surface area contributed by atoms with E-state index in [0.717, 1.165) is 27.9 Å². The van der Waals surface area contributed by atoms with E-state index in [1.165, 1.54) is 0 Å². The van der Waals surface area contributed by atoms with Crippen LogP contribution in [-0.2, 0) is 0 Å². The number of rotatable bonds is 3. The van der Waals surface area contributed by atoms with E-state index in [2.05, 4.69) is 15.6 Å². The lowest BCUT2D eigenvalue weighted by atomic mass is 10.1. The van der Waals surface area contributed by atoms with Gasteiger partial charge in [-0.1, -0.05) is 23.7 Å². The van der Waals surface area contributed by atoms with Crippen LogP contribution in [0.5, 0.6) is 0 Å². The smallest absolute Gasteiger partial charge is 0.257 e. The largest absolute Gasteiger partial charge is 0.436 e. The molecule has 4 aromatic rings. The molecule has 0 radical (unpaired) electrons. The quantitative estimate of drug-likeness (QED) is 0.364. The van der Waals surface area contributed by atoms with Crippen LogP contribution in [-0.4, -0.2) is 16.0 Å². The molecule has 0 aliphatic carbocycles. The predicted octanol–water partition coefficient (Wildman–Crippen LogP) is 6.20. The second-order valence-corrected chi connectivity index (χ2v) is 8.21. The summed E-state index contributed by atoms with van der Waals surface area (Å²) < 4.78 is 5.85. The van der Waals surface area contributed by atoms with Crippen molar-refractivity contribution in [3.63, 3.8) is 0 Å². The number of hydrogen-bond acceptors (Lipinski definition) is 4. The molecule has 0 unspecified atom stereocenters. The Labute approximate surface area is 190 Å². The van der Waals surface area contributed by atoms with Gasteiger partial charge in [-0.25, -0.2) is 4.98 Å². The van der Waals surface area contributed by atoms with Gasteiger partial charge in [0.05, 0.1) is 0 Å². The normalized spacial score (nSPS) is 10.8. The van der Waals surface area contributed by atoms with Crippen molar-refractivity contribution in [3.05, 3.63) is 81.9 Å². The molecule has 0 bridgehead atoms. The van der Waals surface area contributed by atoms with Gasteiger partial charge >= 0.3 is 0 Å². The van der Waals surface area contributed by atoms with Crippen molar-refractivity contribution in [2.45, 2.75) is 20.8 Å². The molecule has 1 amide bonds. The Hall–Kier alpha value is -3.22. The van der Waals surface area contributed by atoms with Crippen molar-refractivity contribution in [1.82, 2.24) is 10.3 Å². The third-order valence-corrected chi connectivity index (χ3v) is 5.52. The van der Waals surface area contributed by atoms with Crippen molar-refractivity contribution in [3.8, 4) is 11.5 Å². The molecule has 0 fully saturated rings. The highest BCUT2D eigenvalue weighted by Gasteiger charge is 2.13. The number of hydrogen-bond donors (Lipinski definition) is 2. The second-order valence-electron chi connectivity index (χ2n) is 7.37. The third kappa shape index (κ3) is 4.60. The molecule has 0 aliphatic rings. The number of anilines is 1. The molecule has 0 atom stereocenters. The number of carbonyl (C=O) groups excluding carboxylic acids is 1. The van der Waals surface area contributed by atoms with Gasteiger partial charge in [0.15, 0.2) is 10.7 Å². The average molecular weight is 450 g/mol. The Morgan fingerprint density at radius 3 is 2.52 bits per heavy atom. The average Bonchev–Trinajstić information content (AvgIpc) is 3.14. The Morgan fingerprint density at radius 1 is 0.968 bits per heavy atom. The number of halogens is 1. The summed E-state index contributed by atoms with van der Waals surface area (Å²) in [5, 5.41) is 6.65. The Kier molecular flexibility index (Phi) is 5.76. The molecule has 0 saturated carbocycles. The van der Waals surface area contributed by atoms with E-state index in [0.29, 0.717) is 27.6 Å². The summed E-state index contributed by atoms with van der Waals surface area (Å²) in [6, 6.07) is 16.6. The number of benzene rings is 3. The van der Waals surface area contributed by atoms with Crippen LogP contribution >= 0.6 is 23.8 Å². The molecule has 1 heterocycles. The van der Waals surface area contributed by atoms with Gasteiger partial charge in [0.25, 0.3) is 5.91 Å². The molecular formula is C24H20ClN3O2S. The van der Waals surface area contributed by atoms with Crippen molar-refractivity contribution in [2.24, 2.45) is 0 Å². The SMILES string of the molecule is Cc1ccc(C(=O)NC(=S)Nc2cc(-c3nc4cc(Cl)ccc4o3)ccc2C)cc1C. The van der Waals surface area contributed by atoms with Crippen LogP contribution in [0, 0.1) is 20.8 Å². The Bertz CT molecular complexity index is 1330. The summed E-state index contributed by atoms with van der Waals surface area (Å²) in [5.41, 5.74) is 6.58. The van der Waals surface area contributed by atoms with Gasteiger partial charge in [0.2, 0.25) is 5.89 Å². The monoisotopic (exact) mass is 449 g/mol. The number of nitrogens with zero attached hydrogens (tertiary/aromatic N) is 1. The zero-order valence-corrected chi connectivity index (χ0v) is 18.8. The summed E-state index contributed by atoms with van der Waals surface area (Å²) in [5.74, 6) is 0.218. The zero-order valence-electron chi connectivity index (χ0n) is 17.2. The topological polar surface area (TPSA) is 67.2 Å². The number of fused-ring (bicyclic) bond motifs is 1. The van der Waals surface area contributed by atoms with Crippen LogP contribution in [0.1, 0.15) is 27.0 Å². The fourth-order valence-electron chi connectivity index (χ4n) is 3.13. The Balaban J connectivity index is 1.53. The van der Waals surface area contributed by atoms with Crippen LogP contribution < -0.4 is 10.6 Å². The van der Waals surface area contributed by atoms with Crippen LogP contribution in [0.3, 0.4) is 0 Å². The minimum absolute atomic E-state index is 0.216. The summed E-state index contributed by atoms with van der Waals surface area (Å²) >= 11 is 11.4. The van der Waals surface area contributed by atoms with Crippen molar-refractivity contribution >= 4 is 51.6 Å². The molecule has 0 saturated heterocycles. The van der Waals surface area contributed by atoms with Crippen LogP contribution in [0.2, 0.25) is 5.02 Å². The minimum atomic E-state index is -0.259. The lowest BCUT2D eigenvalue weighted by Gasteiger charge is -2.13. The van der Waals surface area contributed by atoms with Crippen LogP contribution in [0.15, 0.2) is 59.0 Å². The van der Waals surface area contributed by atoms with E-state index in [9.17, 15) is 4.79 Å². The summed E-state index contributed by atoms with van der Waals surface area (Å²) in [6.07, 6.45) is 0. The van der Waals surface area contributed by atoms with Crippen molar-refractivity contribution in [1.29, 1.82) is 0 Å². The maximum atomic E-state index is 12.5. The predicted molar refractivity (Wildman–Crippen MR) is 129 cm³/mol. The molecule has 0 aliphatic heterocycles. The molecular weight excluding hydrogens is 430 g/mol. The van der Waals surface area contributed by atoms with Crippen molar-refractivity contribution in [2.75, 3.05) is 5.32 Å².